The SMILES string of the molecule is O=C1C2C=CC=CC2C(=O)N1OCC(O)c1ccc(Br)cc1. The predicted octanol–water partition coefficient (Wildman–Crippen LogP) is 2.14. The number of fused-ring (bicyclic) bond motifs is 1. The summed E-state index contributed by atoms with van der Waals surface area (Å²) in [5.41, 5.74) is 0.652. The van der Waals surface area contributed by atoms with Crippen LogP contribution in [0.15, 0.2) is 53.0 Å². The molecule has 114 valence electrons. The smallest absolute Gasteiger partial charge is 0.261 e. The lowest BCUT2D eigenvalue weighted by Crippen LogP contribution is -2.32. The zero-order valence-corrected chi connectivity index (χ0v) is 13.1. The highest BCUT2D eigenvalue weighted by molar-refractivity contribution is 9.10. The summed E-state index contributed by atoms with van der Waals surface area (Å²) in [6, 6.07) is 7.09. The van der Waals surface area contributed by atoms with Gasteiger partial charge in [-0.2, -0.15) is 5.06 Å². The van der Waals surface area contributed by atoms with Crippen molar-refractivity contribution < 1.29 is 19.5 Å². The summed E-state index contributed by atoms with van der Waals surface area (Å²) in [4.78, 5) is 29.6. The maximum absolute atomic E-state index is 12.2. The van der Waals surface area contributed by atoms with Crippen LogP contribution >= 0.6 is 15.9 Å². The highest BCUT2D eigenvalue weighted by atomic mass is 79.9. The third-order valence-electron chi connectivity index (χ3n) is 3.72. The summed E-state index contributed by atoms with van der Waals surface area (Å²) in [6.45, 7) is -0.161. The number of imide groups is 1. The summed E-state index contributed by atoms with van der Waals surface area (Å²) >= 11 is 3.31. The number of rotatable bonds is 4. The molecule has 0 saturated carbocycles. The first-order valence-electron chi connectivity index (χ1n) is 6.87. The molecule has 22 heavy (non-hydrogen) atoms. The first-order valence-corrected chi connectivity index (χ1v) is 7.66. The molecule has 1 fully saturated rings. The van der Waals surface area contributed by atoms with E-state index in [0.717, 1.165) is 9.54 Å². The Bertz CT molecular complexity index is 623. The molecule has 0 aromatic heterocycles. The second kappa shape index (κ2) is 6.16. The standard InChI is InChI=1S/C16H14BrNO4/c17-11-7-5-10(6-8-11)14(19)9-22-18-15(20)12-3-1-2-4-13(12)16(18)21/h1-8,12-14,19H,9H2. The molecule has 6 heteroatoms. The number of carbonyl (C=O) groups is 2. The van der Waals surface area contributed by atoms with Crippen LogP contribution < -0.4 is 0 Å². The Morgan fingerprint density at radius 2 is 1.64 bits per heavy atom. The maximum atomic E-state index is 12.2. The van der Waals surface area contributed by atoms with Gasteiger partial charge in [-0.25, -0.2) is 0 Å². The van der Waals surface area contributed by atoms with Gasteiger partial charge in [0.2, 0.25) is 0 Å². The number of allylic oxidation sites excluding steroid dienone is 2. The Balaban J connectivity index is 1.65. The number of hydrogen-bond donors (Lipinski definition) is 1. The van der Waals surface area contributed by atoms with Crippen LogP contribution in [0.3, 0.4) is 0 Å². The molecule has 1 N–H and O–H groups in total. The normalized spacial score (nSPS) is 24.7. The Morgan fingerprint density at radius 1 is 1.09 bits per heavy atom. The van der Waals surface area contributed by atoms with E-state index in [2.05, 4.69) is 15.9 Å². The minimum atomic E-state index is -0.914. The molecular weight excluding hydrogens is 350 g/mol. The topological polar surface area (TPSA) is 66.8 Å². The maximum Gasteiger partial charge on any atom is 0.261 e. The molecule has 1 aliphatic carbocycles. The minimum absolute atomic E-state index is 0.161. The molecular formula is C16H14BrNO4. The van der Waals surface area contributed by atoms with Gasteiger partial charge >= 0.3 is 0 Å². The van der Waals surface area contributed by atoms with Crippen molar-refractivity contribution in [3.63, 3.8) is 0 Å². The number of hydrogen-bond acceptors (Lipinski definition) is 4. The van der Waals surface area contributed by atoms with Gasteiger partial charge in [0.1, 0.15) is 12.7 Å². The van der Waals surface area contributed by atoms with Crippen molar-refractivity contribution in [1.29, 1.82) is 0 Å². The van der Waals surface area contributed by atoms with Crippen LogP contribution in [0, 0.1) is 11.8 Å². The molecule has 1 saturated heterocycles. The fraction of sp³-hybridized carbons (Fsp3) is 0.250. The number of aliphatic hydroxyl groups is 1. The molecule has 0 spiro atoms. The van der Waals surface area contributed by atoms with Crippen molar-refractivity contribution in [3.05, 3.63) is 58.6 Å². The number of carbonyl (C=O) groups excluding carboxylic acids is 2. The average molecular weight is 364 g/mol. The molecule has 3 atom stereocenters. The largest absolute Gasteiger partial charge is 0.386 e. The molecule has 1 aliphatic heterocycles. The summed E-state index contributed by atoms with van der Waals surface area (Å²) < 4.78 is 0.900. The number of halogens is 1. The van der Waals surface area contributed by atoms with Crippen molar-refractivity contribution in [2.75, 3.05) is 6.61 Å². The lowest BCUT2D eigenvalue weighted by molar-refractivity contribution is -0.195. The Hall–Kier alpha value is -1.76. The van der Waals surface area contributed by atoms with Crippen LogP contribution in [-0.4, -0.2) is 28.6 Å². The van der Waals surface area contributed by atoms with Gasteiger partial charge in [0, 0.05) is 4.47 Å². The summed E-state index contributed by atoms with van der Waals surface area (Å²) in [6.07, 6.45) is 5.96. The van der Waals surface area contributed by atoms with Crippen molar-refractivity contribution in [1.82, 2.24) is 5.06 Å². The number of hydroxylamine groups is 2. The molecule has 1 heterocycles. The molecule has 1 aromatic carbocycles. The van der Waals surface area contributed by atoms with Gasteiger partial charge in [0.15, 0.2) is 0 Å². The molecule has 2 aliphatic rings. The van der Waals surface area contributed by atoms with Crippen LogP contribution in [0.25, 0.3) is 0 Å². The van der Waals surface area contributed by atoms with E-state index in [4.69, 9.17) is 4.84 Å². The van der Waals surface area contributed by atoms with Crippen LogP contribution in [-0.2, 0) is 14.4 Å². The van der Waals surface area contributed by atoms with Crippen molar-refractivity contribution in [2.45, 2.75) is 6.10 Å². The molecule has 5 nitrogen and oxygen atoms in total. The van der Waals surface area contributed by atoms with Crippen molar-refractivity contribution in [3.8, 4) is 0 Å². The highest BCUT2D eigenvalue weighted by Crippen LogP contribution is 2.31. The molecule has 3 rings (SSSR count). The van der Waals surface area contributed by atoms with Gasteiger partial charge in [0.05, 0.1) is 11.8 Å². The zero-order valence-electron chi connectivity index (χ0n) is 11.6. The van der Waals surface area contributed by atoms with E-state index in [1.165, 1.54) is 0 Å². The minimum Gasteiger partial charge on any atom is -0.386 e. The van der Waals surface area contributed by atoms with Crippen molar-refractivity contribution in [2.24, 2.45) is 11.8 Å². The Morgan fingerprint density at radius 3 is 2.18 bits per heavy atom. The zero-order chi connectivity index (χ0) is 15.7. The second-order valence-corrected chi connectivity index (χ2v) is 6.07. The van der Waals surface area contributed by atoms with Crippen LogP contribution in [0.1, 0.15) is 11.7 Å². The van der Waals surface area contributed by atoms with E-state index in [-0.39, 0.29) is 6.61 Å². The first-order chi connectivity index (χ1) is 10.6. The van der Waals surface area contributed by atoms with Gasteiger partial charge in [0.25, 0.3) is 11.8 Å². The average Bonchev–Trinajstić information content (AvgIpc) is 2.78. The van der Waals surface area contributed by atoms with Gasteiger partial charge in [-0.1, -0.05) is 52.4 Å². The molecule has 3 unspecified atom stereocenters. The Kier molecular flexibility index (Phi) is 4.24. The summed E-state index contributed by atoms with van der Waals surface area (Å²) in [5.74, 6) is -1.78. The number of aliphatic hydroxyl groups excluding tert-OH is 1. The number of benzene rings is 1. The van der Waals surface area contributed by atoms with E-state index in [1.54, 1.807) is 48.6 Å². The van der Waals surface area contributed by atoms with E-state index < -0.39 is 29.8 Å². The Labute approximate surface area is 136 Å². The monoisotopic (exact) mass is 363 g/mol. The number of amides is 2. The van der Waals surface area contributed by atoms with Gasteiger partial charge in [-0.3, -0.25) is 14.4 Å². The van der Waals surface area contributed by atoms with Gasteiger partial charge in [-0.05, 0) is 17.7 Å². The van der Waals surface area contributed by atoms with E-state index in [9.17, 15) is 14.7 Å². The fourth-order valence-electron chi connectivity index (χ4n) is 2.51. The van der Waals surface area contributed by atoms with Crippen molar-refractivity contribution >= 4 is 27.7 Å². The van der Waals surface area contributed by atoms with Crippen LogP contribution in [0.2, 0.25) is 0 Å². The molecule has 2 amide bonds. The van der Waals surface area contributed by atoms with Crippen LogP contribution in [0.5, 0.6) is 0 Å². The van der Waals surface area contributed by atoms with E-state index in [1.807, 2.05) is 0 Å². The van der Waals surface area contributed by atoms with Crippen LogP contribution in [0.4, 0.5) is 0 Å². The third-order valence-corrected chi connectivity index (χ3v) is 4.25. The van der Waals surface area contributed by atoms with E-state index in [0.29, 0.717) is 5.56 Å². The highest BCUT2D eigenvalue weighted by Gasteiger charge is 2.46. The molecule has 0 bridgehead atoms. The lowest BCUT2D eigenvalue weighted by Gasteiger charge is -2.17. The quantitative estimate of drug-likeness (QED) is 0.832. The summed E-state index contributed by atoms with van der Waals surface area (Å²) in [5, 5.41) is 10.9. The predicted molar refractivity (Wildman–Crippen MR) is 82.2 cm³/mol. The fourth-order valence-corrected chi connectivity index (χ4v) is 2.78. The molecule has 0 radical (unpaired) electrons. The van der Waals surface area contributed by atoms with E-state index >= 15 is 0 Å². The van der Waals surface area contributed by atoms with Gasteiger partial charge < -0.3 is 5.11 Å². The molecule has 1 aromatic rings. The first kappa shape index (κ1) is 15.1. The lowest BCUT2D eigenvalue weighted by atomic mass is 9.91. The third kappa shape index (κ3) is 2.77. The summed E-state index contributed by atoms with van der Waals surface area (Å²) in [7, 11) is 0. The second-order valence-electron chi connectivity index (χ2n) is 5.16. The van der Waals surface area contributed by atoms with Gasteiger partial charge in [-0.15, -0.1) is 0 Å². The number of nitrogens with zero attached hydrogens (tertiary/aromatic N) is 1.